The van der Waals surface area contributed by atoms with Crippen LogP contribution in [0.3, 0.4) is 0 Å². The molecule has 2 amide bonds. The van der Waals surface area contributed by atoms with Gasteiger partial charge in [0.05, 0.1) is 0 Å². The lowest BCUT2D eigenvalue weighted by Gasteiger charge is -2.23. The van der Waals surface area contributed by atoms with Crippen LogP contribution in [0.4, 0.5) is 4.79 Å². The number of imide groups is 1. The van der Waals surface area contributed by atoms with E-state index in [9.17, 15) is 9.59 Å². The van der Waals surface area contributed by atoms with E-state index in [4.69, 9.17) is 4.74 Å². The first-order valence-electron chi connectivity index (χ1n) is 4.96. The zero-order valence-electron chi connectivity index (χ0n) is 9.66. The van der Waals surface area contributed by atoms with Gasteiger partial charge < -0.3 is 4.74 Å². The minimum absolute atomic E-state index is 0.0185. The predicted molar refractivity (Wildman–Crippen MR) is 56.3 cm³/mol. The number of carbonyl (C=O) groups excluding carboxylic acids is 2. The molecule has 0 spiro atoms. The number of nitrogens with zero attached hydrogens (tertiary/aromatic N) is 1. The summed E-state index contributed by atoms with van der Waals surface area (Å²) in [7, 11) is 0. The van der Waals surface area contributed by atoms with Gasteiger partial charge >= 0.3 is 6.09 Å². The van der Waals surface area contributed by atoms with E-state index in [1.165, 1.54) is 0 Å². The highest BCUT2D eigenvalue weighted by Gasteiger charge is 2.37. The van der Waals surface area contributed by atoms with E-state index in [0.29, 0.717) is 12.1 Å². The van der Waals surface area contributed by atoms with E-state index in [1.807, 2.05) is 6.92 Å². The van der Waals surface area contributed by atoms with Gasteiger partial charge in [0.15, 0.2) is 0 Å². The van der Waals surface area contributed by atoms with Crippen molar-refractivity contribution in [2.24, 2.45) is 5.92 Å². The average molecular weight is 211 g/mol. The number of likely N-dealkylation sites (tertiary alicyclic amines) is 1. The van der Waals surface area contributed by atoms with Gasteiger partial charge in [-0.2, -0.15) is 0 Å². The van der Waals surface area contributed by atoms with Gasteiger partial charge in [0.1, 0.15) is 5.60 Å². The molecule has 1 heterocycles. The standard InChI is InChI=1S/C11H17NO3/c1-7-6-12(9(13)8(7)2)10(14)15-11(3,4)5/h7H,2,6H2,1,3-5H3. The monoisotopic (exact) mass is 211 g/mol. The maximum absolute atomic E-state index is 11.6. The van der Waals surface area contributed by atoms with Crippen LogP contribution in [0.25, 0.3) is 0 Å². The Morgan fingerprint density at radius 1 is 1.53 bits per heavy atom. The van der Waals surface area contributed by atoms with Crippen LogP contribution in [0, 0.1) is 5.92 Å². The van der Waals surface area contributed by atoms with E-state index < -0.39 is 11.7 Å². The molecule has 0 aromatic heterocycles. The first kappa shape index (κ1) is 11.8. The van der Waals surface area contributed by atoms with Crippen molar-refractivity contribution in [2.75, 3.05) is 6.54 Å². The SMILES string of the molecule is C=C1C(=O)N(C(=O)OC(C)(C)C)CC1C. The molecule has 0 bridgehead atoms. The number of ether oxygens (including phenoxy) is 1. The zero-order chi connectivity index (χ0) is 11.8. The first-order valence-corrected chi connectivity index (χ1v) is 4.96. The summed E-state index contributed by atoms with van der Waals surface area (Å²) in [6.45, 7) is 11.2. The summed E-state index contributed by atoms with van der Waals surface area (Å²) in [6, 6.07) is 0. The van der Waals surface area contributed by atoms with E-state index in [-0.39, 0.29) is 11.8 Å². The third-order valence-corrected chi connectivity index (χ3v) is 2.19. The largest absolute Gasteiger partial charge is 0.443 e. The number of carbonyl (C=O) groups is 2. The molecular formula is C11H17NO3. The van der Waals surface area contributed by atoms with E-state index in [1.54, 1.807) is 20.8 Å². The van der Waals surface area contributed by atoms with Crippen LogP contribution in [0.5, 0.6) is 0 Å². The third kappa shape index (κ3) is 2.58. The number of hydrogen-bond acceptors (Lipinski definition) is 3. The summed E-state index contributed by atoms with van der Waals surface area (Å²) in [5.74, 6) is -0.304. The summed E-state index contributed by atoms with van der Waals surface area (Å²) in [5, 5.41) is 0. The van der Waals surface area contributed by atoms with Crippen molar-refractivity contribution in [1.29, 1.82) is 0 Å². The Morgan fingerprint density at radius 3 is 2.40 bits per heavy atom. The van der Waals surface area contributed by atoms with Crippen molar-refractivity contribution >= 4 is 12.0 Å². The van der Waals surface area contributed by atoms with Crippen LogP contribution in [0.1, 0.15) is 27.7 Å². The molecule has 0 aromatic rings. The summed E-state index contributed by atoms with van der Waals surface area (Å²) in [5.41, 5.74) is -0.106. The maximum Gasteiger partial charge on any atom is 0.417 e. The fraction of sp³-hybridized carbons (Fsp3) is 0.636. The van der Waals surface area contributed by atoms with Crippen LogP contribution in [0.2, 0.25) is 0 Å². The highest BCUT2D eigenvalue weighted by atomic mass is 16.6. The quantitative estimate of drug-likeness (QED) is 0.575. The molecular weight excluding hydrogens is 194 g/mol. The molecule has 15 heavy (non-hydrogen) atoms. The minimum Gasteiger partial charge on any atom is -0.443 e. The highest BCUT2D eigenvalue weighted by Crippen LogP contribution is 2.23. The summed E-state index contributed by atoms with van der Waals surface area (Å²) in [4.78, 5) is 24.3. The molecule has 0 aliphatic carbocycles. The molecule has 0 N–H and O–H groups in total. The third-order valence-electron chi connectivity index (χ3n) is 2.19. The second-order valence-electron chi connectivity index (χ2n) is 4.82. The van der Waals surface area contributed by atoms with Crippen LogP contribution < -0.4 is 0 Å². The molecule has 4 nitrogen and oxygen atoms in total. The fourth-order valence-corrected chi connectivity index (χ4v) is 1.33. The van der Waals surface area contributed by atoms with Crippen LogP contribution in [0.15, 0.2) is 12.2 Å². The summed E-state index contributed by atoms with van der Waals surface area (Å²) >= 11 is 0. The molecule has 1 unspecified atom stereocenters. The Hall–Kier alpha value is -1.32. The summed E-state index contributed by atoms with van der Waals surface area (Å²) in [6.07, 6.45) is -0.585. The zero-order valence-corrected chi connectivity index (χ0v) is 9.66. The van der Waals surface area contributed by atoms with Crippen molar-refractivity contribution in [3.05, 3.63) is 12.2 Å². The summed E-state index contributed by atoms with van der Waals surface area (Å²) < 4.78 is 5.11. The van der Waals surface area contributed by atoms with Crippen LogP contribution in [-0.2, 0) is 9.53 Å². The Bertz CT molecular complexity index is 314. The Morgan fingerprint density at radius 2 is 2.07 bits per heavy atom. The molecule has 1 rings (SSSR count). The van der Waals surface area contributed by atoms with Gasteiger partial charge in [-0.15, -0.1) is 0 Å². The van der Waals surface area contributed by atoms with Crippen molar-refractivity contribution in [1.82, 2.24) is 4.90 Å². The Balaban J connectivity index is 2.71. The lowest BCUT2D eigenvalue weighted by atomic mass is 10.1. The normalized spacial score (nSPS) is 22.1. The Labute approximate surface area is 89.9 Å². The number of rotatable bonds is 0. The molecule has 84 valence electrons. The number of hydrogen-bond donors (Lipinski definition) is 0. The van der Waals surface area contributed by atoms with Crippen LogP contribution in [-0.4, -0.2) is 29.0 Å². The topological polar surface area (TPSA) is 46.6 Å². The smallest absolute Gasteiger partial charge is 0.417 e. The molecule has 1 atom stereocenters. The van der Waals surface area contributed by atoms with Gasteiger partial charge in [0.2, 0.25) is 0 Å². The van der Waals surface area contributed by atoms with Gasteiger partial charge in [-0.3, -0.25) is 4.79 Å². The second-order valence-corrected chi connectivity index (χ2v) is 4.82. The van der Waals surface area contributed by atoms with Gasteiger partial charge in [0, 0.05) is 18.0 Å². The predicted octanol–water partition coefficient (Wildman–Crippen LogP) is 1.96. The second kappa shape index (κ2) is 3.68. The molecule has 1 aliphatic heterocycles. The average Bonchev–Trinajstić information content (AvgIpc) is 2.30. The molecule has 1 aliphatic rings. The van der Waals surface area contributed by atoms with Gasteiger partial charge in [-0.05, 0) is 20.8 Å². The molecule has 4 heteroatoms. The molecule has 0 aromatic carbocycles. The minimum atomic E-state index is -0.585. The lowest BCUT2D eigenvalue weighted by Crippen LogP contribution is -2.37. The molecule has 0 radical (unpaired) electrons. The molecule has 0 saturated carbocycles. The fourth-order valence-electron chi connectivity index (χ4n) is 1.33. The van der Waals surface area contributed by atoms with Crippen molar-refractivity contribution in [3.8, 4) is 0 Å². The van der Waals surface area contributed by atoms with E-state index >= 15 is 0 Å². The Kier molecular flexibility index (Phi) is 2.88. The van der Waals surface area contributed by atoms with Crippen LogP contribution >= 0.6 is 0 Å². The van der Waals surface area contributed by atoms with Crippen molar-refractivity contribution in [2.45, 2.75) is 33.3 Å². The van der Waals surface area contributed by atoms with Gasteiger partial charge in [-0.1, -0.05) is 13.5 Å². The highest BCUT2D eigenvalue weighted by molar-refractivity contribution is 6.04. The van der Waals surface area contributed by atoms with E-state index in [2.05, 4.69) is 6.58 Å². The van der Waals surface area contributed by atoms with Gasteiger partial charge in [0.25, 0.3) is 5.91 Å². The van der Waals surface area contributed by atoms with E-state index in [0.717, 1.165) is 4.90 Å². The maximum atomic E-state index is 11.6. The van der Waals surface area contributed by atoms with Crippen molar-refractivity contribution in [3.63, 3.8) is 0 Å². The molecule has 1 saturated heterocycles. The van der Waals surface area contributed by atoms with Gasteiger partial charge in [-0.25, -0.2) is 9.69 Å². The number of amides is 2. The lowest BCUT2D eigenvalue weighted by molar-refractivity contribution is -0.124. The first-order chi connectivity index (χ1) is 6.72. The van der Waals surface area contributed by atoms with Crippen molar-refractivity contribution < 1.29 is 14.3 Å². The molecule has 1 fully saturated rings.